The van der Waals surface area contributed by atoms with Crippen LogP contribution in [0.5, 0.6) is 17.2 Å². The SMILES string of the molecule is COc1cc(/C=C/c2nc(C(Cl)(Cl)Cl)nc(C(Cl)(Cl)Cl)n2)cc(OC)c1OC. The summed E-state index contributed by atoms with van der Waals surface area (Å²) in [5, 5.41) is 0. The van der Waals surface area contributed by atoms with Gasteiger partial charge in [-0.15, -0.1) is 0 Å². The van der Waals surface area contributed by atoms with E-state index in [0.29, 0.717) is 22.8 Å². The number of nitrogens with zero attached hydrogens (tertiary/aromatic N) is 3. The van der Waals surface area contributed by atoms with E-state index in [0.717, 1.165) is 0 Å². The van der Waals surface area contributed by atoms with E-state index in [1.54, 1.807) is 18.2 Å². The van der Waals surface area contributed by atoms with Crippen molar-refractivity contribution in [3.8, 4) is 17.2 Å². The molecule has 0 N–H and O–H groups in total. The second-order valence-electron chi connectivity index (χ2n) is 5.13. The van der Waals surface area contributed by atoms with Crippen LogP contribution >= 0.6 is 69.6 Å². The maximum atomic E-state index is 5.86. The molecule has 0 aliphatic heterocycles. The molecular weight excluding hydrogens is 495 g/mol. The monoisotopic (exact) mass is 505 g/mol. The Hall–Kier alpha value is -0.890. The van der Waals surface area contributed by atoms with Crippen molar-refractivity contribution in [2.24, 2.45) is 0 Å². The summed E-state index contributed by atoms with van der Waals surface area (Å²) < 4.78 is 12.1. The van der Waals surface area contributed by atoms with E-state index < -0.39 is 7.59 Å². The van der Waals surface area contributed by atoms with E-state index in [2.05, 4.69) is 15.0 Å². The first-order valence-electron chi connectivity index (χ1n) is 7.38. The molecule has 0 bridgehead atoms. The highest BCUT2D eigenvalue weighted by atomic mass is 35.6. The third kappa shape index (κ3) is 5.81. The van der Waals surface area contributed by atoms with Crippen molar-refractivity contribution in [2.45, 2.75) is 7.59 Å². The number of rotatable bonds is 5. The molecule has 0 aliphatic rings. The summed E-state index contributed by atoms with van der Waals surface area (Å²) in [5.41, 5.74) is 0.695. The zero-order valence-corrected chi connectivity index (χ0v) is 19.2. The zero-order chi connectivity index (χ0) is 21.1. The fourth-order valence-corrected chi connectivity index (χ4v) is 2.60. The molecule has 0 spiro atoms. The molecule has 0 unspecified atom stereocenters. The van der Waals surface area contributed by atoms with Gasteiger partial charge >= 0.3 is 0 Å². The maximum Gasteiger partial charge on any atom is 0.250 e. The molecule has 6 nitrogen and oxygen atoms in total. The van der Waals surface area contributed by atoms with Crippen LogP contribution in [0.3, 0.4) is 0 Å². The molecule has 0 aliphatic carbocycles. The average molecular weight is 508 g/mol. The molecule has 1 aromatic heterocycles. The summed E-state index contributed by atoms with van der Waals surface area (Å²) in [7, 11) is 4.53. The van der Waals surface area contributed by atoms with Crippen LogP contribution in [0, 0.1) is 0 Å². The summed E-state index contributed by atoms with van der Waals surface area (Å²) in [6.45, 7) is 0. The number of hydrogen-bond donors (Lipinski definition) is 0. The molecule has 0 saturated heterocycles. The van der Waals surface area contributed by atoms with Crippen molar-refractivity contribution in [3.05, 3.63) is 35.2 Å². The summed E-state index contributed by atoms with van der Waals surface area (Å²) in [4.78, 5) is 12.1. The largest absolute Gasteiger partial charge is 0.493 e. The molecule has 1 heterocycles. The van der Waals surface area contributed by atoms with Crippen molar-refractivity contribution >= 4 is 81.8 Å². The van der Waals surface area contributed by atoms with Crippen LogP contribution in [0.25, 0.3) is 12.2 Å². The van der Waals surface area contributed by atoms with Crippen molar-refractivity contribution in [3.63, 3.8) is 0 Å². The fourth-order valence-electron chi connectivity index (χ4n) is 2.09. The zero-order valence-electron chi connectivity index (χ0n) is 14.6. The van der Waals surface area contributed by atoms with Crippen LogP contribution in [-0.2, 0) is 7.59 Å². The topological polar surface area (TPSA) is 66.4 Å². The first-order valence-corrected chi connectivity index (χ1v) is 9.65. The number of halogens is 6. The highest BCUT2D eigenvalue weighted by Crippen LogP contribution is 2.40. The van der Waals surface area contributed by atoms with Crippen LogP contribution in [0.1, 0.15) is 23.0 Å². The van der Waals surface area contributed by atoms with Gasteiger partial charge < -0.3 is 14.2 Å². The summed E-state index contributed by atoms with van der Waals surface area (Å²) in [6, 6.07) is 3.45. The minimum absolute atomic E-state index is 0.117. The van der Waals surface area contributed by atoms with Gasteiger partial charge in [0.25, 0.3) is 0 Å². The lowest BCUT2D eigenvalue weighted by atomic mass is 10.1. The van der Waals surface area contributed by atoms with Gasteiger partial charge in [-0.3, -0.25) is 0 Å². The maximum absolute atomic E-state index is 5.86. The van der Waals surface area contributed by atoms with E-state index in [1.807, 2.05) is 0 Å². The second kappa shape index (κ2) is 9.28. The Morgan fingerprint density at radius 3 is 1.54 bits per heavy atom. The number of hydrogen-bond acceptors (Lipinski definition) is 6. The predicted octanol–water partition coefficient (Wildman–Crippen LogP) is 5.72. The molecule has 0 atom stereocenters. The summed E-state index contributed by atoms with van der Waals surface area (Å²) in [6.07, 6.45) is 3.20. The van der Waals surface area contributed by atoms with E-state index in [9.17, 15) is 0 Å². The van der Waals surface area contributed by atoms with Crippen LogP contribution in [0.2, 0.25) is 0 Å². The van der Waals surface area contributed by atoms with Gasteiger partial charge in [-0.05, 0) is 23.8 Å². The van der Waals surface area contributed by atoms with E-state index in [1.165, 1.54) is 27.4 Å². The smallest absolute Gasteiger partial charge is 0.250 e. The van der Waals surface area contributed by atoms with Crippen LogP contribution < -0.4 is 14.2 Å². The number of benzene rings is 1. The van der Waals surface area contributed by atoms with Crippen molar-refractivity contribution in [1.29, 1.82) is 0 Å². The number of methoxy groups -OCH3 is 3. The third-order valence-electron chi connectivity index (χ3n) is 3.27. The van der Waals surface area contributed by atoms with Gasteiger partial charge in [0.2, 0.25) is 13.3 Å². The Balaban J connectivity index is 2.51. The van der Waals surface area contributed by atoms with Crippen LogP contribution in [0.15, 0.2) is 12.1 Å². The Kier molecular flexibility index (Phi) is 7.76. The molecule has 0 saturated carbocycles. The van der Waals surface area contributed by atoms with Gasteiger partial charge in [-0.2, -0.15) is 0 Å². The van der Waals surface area contributed by atoms with Gasteiger partial charge in [0.05, 0.1) is 21.3 Å². The van der Waals surface area contributed by atoms with Gasteiger partial charge in [-0.25, -0.2) is 15.0 Å². The summed E-state index contributed by atoms with van der Waals surface area (Å²) >= 11 is 35.2. The predicted molar refractivity (Wildman–Crippen MR) is 113 cm³/mol. The second-order valence-corrected chi connectivity index (χ2v) is 9.69. The first kappa shape index (κ1) is 23.4. The van der Waals surface area contributed by atoms with Crippen LogP contribution in [0.4, 0.5) is 0 Å². The molecule has 0 fully saturated rings. The minimum Gasteiger partial charge on any atom is -0.493 e. The fraction of sp³-hybridized carbons (Fsp3) is 0.312. The van der Waals surface area contributed by atoms with Crippen molar-refractivity contribution < 1.29 is 14.2 Å². The van der Waals surface area contributed by atoms with E-state index in [4.69, 9.17) is 83.8 Å². The van der Waals surface area contributed by atoms with E-state index >= 15 is 0 Å². The molecule has 12 heteroatoms. The van der Waals surface area contributed by atoms with Crippen molar-refractivity contribution in [2.75, 3.05) is 21.3 Å². The Morgan fingerprint density at radius 1 is 0.714 bits per heavy atom. The molecule has 1 aromatic carbocycles. The minimum atomic E-state index is -1.93. The van der Waals surface area contributed by atoms with Gasteiger partial charge in [0, 0.05) is 0 Å². The van der Waals surface area contributed by atoms with Gasteiger partial charge in [0.15, 0.2) is 29.0 Å². The Morgan fingerprint density at radius 2 is 1.18 bits per heavy atom. The lowest BCUT2D eigenvalue weighted by molar-refractivity contribution is 0.324. The molecular formula is C16H13Cl6N3O3. The number of alkyl halides is 6. The lowest BCUT2D eigenvalue weighted by Gasteiger charge is -2.14. The van der Waals surface area contributed by atoms with Gasteiger partial charge in [0.1, 0.15) is 0 Å². The molecule has 0 radical (unpaired) electrons. The quantitative estimate of drug-likeness (QED) is 0.482. The Bertz CT molecular complexity index is 824. The first-order chi connectivity index (χ1) is 13.0. The van der Waals surface area contributed by atoms with Gasteiger partial charge in [-0.1, -0.05) is 75.7 Å². The normalized spacial score (nSPS) is 12.3. The molecule has 2 aromatic rings. The highest BCUT2D eigenvalue weighted by molar-refractivity contribution is 6.67. The lowest BCUT2D eigenvalue weighted by Crippen LogP contribution is -2.16. The van der Waals surface area contributed by atoms with E-state index in [-0.39, 0.29) is 17.5 Å². The molecule has 2 rings (SSSR count). The van der Waals surface area contributed by atoms with Crippen molar-refractivity contribution in [1.82, 2.24) is 15.0 Å². The molecule has 0 amide bonds. The number of ether oxygens (including phenoxy) is 3. The summed E-state index contributed by atoms with van der Waals surface area (Å²) in [5.74, 6) is 1.16. The molecule has 28 heavy (non-hydrogen) atoms. The third-order valence-corrected chi connectivity index (χ3v) is 4.29. The highest BCUT2D eigenvalue weighted by Gasteiger charge is 2.33. The average Bonchev–Trinajstić information content (AvgIpc) is 2.63. The molecule has 152 valence electrons. The van der Waals surface area contributed by atoms with Crippen LogP contribution in [-0.4, -0.2) is 36.3 Å². The number of aromatic nitrogens is 3. The standard InChI is InChI=1S/C16H13Cl6N3O3/c1-26-9-6-8(7-10(27-2)12(9)28-3)4-5-11-23-13(15(17,18)19)25-14(24-11)16(20,21)22/h4-7H,1-3H3/b5-4+. The Labute approximate surface area is 191 Å².